The number of nitrogen functional groups attached to an aromatic ring is 1. The number of rotatable bonds is 3. The molecule has 0 aliphatic carbocycles. The molecule has 0 saturated heterocycles. The van der Waals surface area contributed by atoms with E-state index < -0.39 is 0 Å². The summed E-state index contributed by atoms with van der Waals surface area (Å²) in [5.74, 6) is 0. The first-order valence-corrected chi connectivity index (χ1v) is 7.05. The Morgan fingerprint density at radius 2 is 1.93 bits per heavy atom. The summed E-state index contributed by atoms with van der Waals surface area (Å²) < 4.78 is 1.91. The molecule has 1 aromatic carbocycles. The van der Waals surface area contributed by atoms with Crippen LogP contribution in [0.4, 0.5) is 5.69 Å². The summed E-state index contributed by atoms with van der Waals surface area (Å²) in [7, 11) is 0. The zero-order chi connectivity index (χ0) is 10.7. The van der Waals surface area contributed by atoms with Gasteiger partial charge in [0.15, 0.2) is 8.68 Å². The van der Waals surface area contributed by atoms with Crippen molar-refractivity contribution in [3.8, 4) is 0 Å². The molecule has 0 spiro atoms. The van der Waals surface area contributed by atoms with Gasteiger partial charge in [0, 0.05) is 10.6 Å². The number of anilines is 1. The number of para-hydroxylation sites is 1. The minimum atomic E-state index is 0.781. The van der Waals surface area contributed by atoms with E-state index in [1.165, 1.54) is 0 Å². The van der Waals surface area contributed by atoms with Crippen molar-refractivity contribution in [3.05, 3.63) is 24.3 Å². The van der Waals surface area contributed by atoms with E-state index in [1.807, 2.05) is 30.5 Å². The molecule has 78 valence electrons. The van der Waals surface area contributed by atoms with Crippen molar-refractivity contribution in [3.63, 3.8) is 0 Å². The second-order valence-electron chi connectivity index (χ2n) is 2.68. The first kappa shape index (κ1) is 10.8. The molecule has 2 rings (SSSR count). The average molecular weight is 255 g/mol. The Balaban J connectivity index is 2.18. The molecule has 2 N–H and O–H groups in total. The van der Waals surface area contributed by atoms with Crippen molar-refractivity contribution < 1.29 is 0 Å². The highest BCUT2D eigenvalue weighted by Gasteiger charge is 2.06. The predicted octanol–water partition coefficient (Wildman–Crippen LogP) is 2.99. The van der Waals surface area contributed by atoms with Gasteiger partial charge in [0.2, 0.25) is 0 Å². The molecule has 15 heavy (non-hydrogen) atoms. The molecule has 6 heteroatoms. The van der Waals surface area contributed by atoms with E-state index in [0.29, 0.717) is 0 Å². The second-order valence-corrected chi connectivity index (χ2v) is 6.00. The molecule has 0 unspecified atom stereocenters. The fraction of sp³-hybridized carbons (Fsp3) is 0.111. The summed E-state index contributed by atoms with van der Waals surface area (Å²) >= 11 is 4.75. The molecular formula is C9H9N3S3. The van der Waals surface area contributed by atoms with Crippen LogP contribution in [0.25, 0.3) is 0 Å². The van der Waals surface area contributed by atoms with Gasteiger partial charge in [0.05, 0.1) is 0 Å². The third kappa shape index (κ3) is 2.64. The minimum absolute atomic E-state index is 0.781. The monoisotopic (exact) mass is 255 g/mol. The first-order valence-electron chi connectivity index (χ1n) is 4.19. The van der Waals surface area contributed by atoms with Crippen LogP contribution in [0.5, 0.6) is 0 Å². The van der Waals surface area contributed by atoms with Crippen LogP contribution in [0, 0.1) is 0 Å². The van der Waals surface area contributed by atoms with Gasteiger partial charge in [-0.15, -0.1) is 10.2 Å². The number of aromatic nitrogens is 2. The molecule has 0 atom stereocenters. The maximum absolute atomic E-state index is 5.84. The topological polar surface area (TPSA) is 51.8 Å². The van der Waals surface area contributed by atoms with Crippen molar-refractivity contribution in [1.29, 1.82) is 0 Å². The molecule has 0 radical (unpaired) electrons. The van der Waals surface area contributed by atoms with Gasteiger partial charge in [-0.05, 0) is 18.4 Å². The molecule has 2 aromatic rings. The van der Waals surface area contributed by atoms with E-state index in [-0.39, 0.29) is 0 Å². The summed E-state index contributed by atoms with van der Waals surface area (Å²) in [6.45, 7) is 0. The van der Waals surface area contributed by atoms with Gasteiger partial charge in [-0.1, -0.05) is 47.0 Å². The summed E-state index contributed by atoms with van der Waals surface area (Å²) in [4.78, 5) is 1.03. The normalized spacial score (nSPS) is 10.5. The molecule has 1 heterocycles. The maximum Gasteiger partial charge on any atom is 0.179 e. The average Bonchev–Trinajstić information content (AvgIpc) is 2.69. The summed E-state index contributed by atoms with van der Waals surface area (Å²) in [6.07, 6.45) is 1.99. The number of hydrogen-bond donors (Lipinski definition) is 1. The zero-order valence-electron chi connectivity index (χ0n) is 8.01. The third-order valence-electron chi connectivity index (χ3n) is 1.68. The second kappa shape index (κ2) is 4.87. The van der Waals surface area contributed by atoms with E-state index in [1.54, 1.807) is 34.9 Å². The summed E-state index contributed by atoms with van der Waals surface area (Å²) in [5.41, 5.74) is 6.62. The van der Waals surface area contributed by atoms with Crippen molar-refractivity contribution >= 4 is 40.5 Å². The highest BCUT2D eigenvalue weighted by molar-refractivity contribution is 8.03. The van der Waals surface area contributed by atoms with E-state index in [2.05, 4.69) is 10.2 Å². The highest BCUT2D eigenvalue weighted by Crippen LogP contribution is 2.35. The van der Waals surface area contributed by atoms with Crippen LogP contribution in [0.2, 0.25) is 0 Å². The third-order valence-corrected chi connectivity index (χ3v) is 4.72. The SMILES string of the molecule is CSc1nnc(Sc2ccccc2N)s1. The Bertz CT molecular complexity index is 455. The van der Waals surface area contributed by atoms with Crippen molar-refractivity contribution in [2.24, 2.45) is 0 Å². The van der Waals surface area contributed by atoms with E-state index in [9.17, 15) is 0 Å². The molecule has 0 aliphatic heterocycles. The van der Waals surface area contributed by atoms with Crippen LogP contribution in [-0.4, -0.2) is 16.5 Å². The van der Waals surface area contributed by atoms with Crippen molar-refractivity contribution in [2.75, 3.05) is 12.0 Å². The van der Waals surface area contributed by atoms with Crippen LogP contribution < -0.4 is 5.73 Å². The number of thioether (sulfide) groups is 1. The number of nitrogens with two attached hydrogens (primary N) is 1. The van der Waals surface area contributed by atoms with Crippen molar-refractivity contribution in [1.82, 2.24) is 10.2 Å². The van der Waals surface area contributed by atoms with Gasteiger partial charge in [0.1, 0.15) is 0 Å². The highest BCUT2D eigenvalue weighted by atomic mass is 32.2. The van der Waals surface area contributed by atoms with Crippen LogP contribution in [0.1, 0.15) is 0 Å². The van der Waals surface area contributed by atoms with Crippen LogP contribution >= 0.6 is 34.9 Å². The Kier molecular flexibility index (Phi) is 3.50. The van der Waals surface area contributed by atoms with Crippen LogP contribution in [0.3, 0.4) is 0 Å². The Labute approximate surface area is 100 Å². The van der Waals surface area contributed by atoms with Crippen LogP contribution in [0.15, 0.2) is 37.8 Å². The molecule has 0 aliphatic rings. The van der Waals surface area contributed by atoms with Gasteiger partial charge >= 0.3 is 0 Å². The predicted molar refractivity (Wildman–Crippen MR) is 66.7 cm³/mol. The molecule has 0 saturated carbocycles. The lowest BCUT2D eigenvalue weighted by Gasteiger charge is -2.00. The Morgan fingerprint density at radius 3 is 2.60 bits per heavy atom. The Hall–Kier alpha value is -0.720. The molecule has 0 bridgehead atoms. The largest absolute Gasteiger partial charge is 0.398 e. The van der Waals surface area contributed by atoms with Gasteiger partial charge in [-0.25, -0.2) is 0 Å². The van der Waals surface area contributed by atoms with E-state index >= 15 is 0 Å². The van der Waals surface area contributed by atoms with Gasteiger partial charge in [-0.2, -0.15) is 0 Å². The minimum Gasteiger partial charge on any atom is -0.398 e. The molecule has 0 fully saturated rings. The standard InChI is InChI=1S/C9H9N3S3/c1-13-8-11-12-9(15-8)14-7-5-3-2-4-6(7)10/h2-5H,10H2,1H3. The van der Waals surface area contributed by atoms with Gasteiger partial charge in [0.25, 0.3) is 0 Å². The molecular weight excluding hydrogens is 246 g/mol. The molecule has 1 aromatic heterocycles. The van der Waals surface area contributed by atoms with Crippen molar-refractivity contribution in [2.45, 2.75) is 13.6 Å². The number of nitrogens with zero attached hydrogens (tertiary/aromatic N) is 2. The van der Waals surface area contributed by atoms with E-state index in [4.69, 9.17) is 5.73 Å². The summed E-state index contributed by atoms with van der Waals surface area (Å²) in [5, 5.41) is 8.11. The zero-order valence-corrected chi connectivity index (χ0v) is 10.5. The molecule has 3 nitrogen and oxygen atoms in total. The Morgan fingerprint density at radius 1 is 1.20 bits per heavy atom. The first-order chi connectivity index (χ1) is 7.29. The lowest BCUT2D eigenvalue weighted by atomic mass is 10.3. The fourth-order valence-electron chi connectivity index (χ4n) is 0.988. The molecule has 0 amide bonds. The number of benzene rings is 1. The number of hydrogen-bond acceptors (Lipinski definition) is 6. The lowest BCUT2D eigenvalue weighted by Crippen LogP contribution is -1.86. The van der Waals surface area contributed by atoms with Crippen LogP contribution in [-0.2, 0) is 0 Å². The quantitative estimate of drug-likeness (QED) is 0.675. The van der Waals surface area contributed by atoms with Gasteiger partial charge < -0.3 is 5.73 Å². The fourth-order valence-corrected chi connectivity index (χ4v) is 3.43. The van der Waals surface area contributed by atoms with E-state index in [0.717, 1.165) is 19.3 Å². The smallest absolute Gasteiger partial charge is 0.179 e. The van der Waals surface area contributed by atoms with Gasteiger partial charge in [-0.3, -0.25) is 0 Å². The lowest BCUT2D eigenvalue weighted by molar-refractivity contribution is 0.956. The maximum atomic E-state index is 5.84. The summed E-state index contributed by atoms with van der Waals surface area (Å²) in [6, 6.07) is 7.76.